The fourth-order valence-corrected chi connectivity index (χ4v) is 5.18. The number of nitrogens with one attached hydrogen (secondary N) is 1. The maximum Gasteiger partial charge on any atom is 0.264 e. The van der Waals surface area contributed by atoms with Crippen molar-refractivity contribution in [3.63, 3.8) is 0 Å². The Bertz CT molecular complexity index is 1080. The van der Waals surface area contributed by atoms with Gasteiger partial charge >= 0.3 is 0 Å². The fourth-order valence-electron chi connectivity index (χ4n) is 4.32. The first-order valence-corrected chi connectivity index (χ1v) is 13.2. The van der Waals surface area contributed by atoms with E-state index >= 15 is 0 Å². The van der Waals surface area contributed by atoms with Gasteiger partial charge in [0.25, 0.3) is 5.91 Å². The van der Waals surface area contributed by atoms with Crippen molar-refractivity contribution in [1.82, 2.24) is 5.48 Å². The van der Waals surface area contributed by atoms with Crippen LogP contribution in [0.3, 0.4) is 0 Å². The number of aliphatic hydroxyl groups is 1. The average Bonchev–Trinajstić information content (AvgIpc) is 3.29. The number of amides is 1. The van der Waals surface area contributed by atoms with Crippen LogP contribution < -0.4 is 5.48 Å². The molecule has 1 fully saturated rings. The zero-order chi connectivity index (χ0) is 24.1. The molecule has 7 heteroatoms. The molecular formula is C26H33NO5S. The SMILES string of the molecule is CC(CCc1ccc(-c2ccc(/C=C/C3CCC(CO)C3)cc2)cc1)(C(=O)NO)S(C)(=O)=O. The van der Waals surface area contributed by atoms with E-state index in [-0.39, 0.29) is 13.0 Å². The van der Waals surface area contributed by atoms with Crippen molar-refractivity contribution in [3.8, 4) is 11.1 Å². The monoisotopic (exact) mass is 471 g/mol. The highest BCUT2D eigenvalue weighted by Gasteiger charge is 2.43. The van der Waals surface area contributed by atoms with Crippen LogP contribution in [0.2, 0.25) is 0 Å². The summed E-state index contributed by atoms with van der Waals surface area (Å²) in [5, 5.41) is 18.2. The molecule has 0 heterocycles. The average molecular weight is 472 g/mol. The first-order chi connectivity index (χ1) is 15.7. The smallest absolute Gasteiger partial charge is 0.264 e. The molecule has 3 unspecified atom stereocenters. The standard InChI is InChI=1S/C26H33NO5S/c1-26(25(29)27-30,33(2,31)32)16-15-20-9-13-24(14-10-20)23-11-7-19(8-12-23)3-4-21-5-6-22(17-21)18-28/h3-4,7-14,21-22,28,30H,5-6,15-18H2,1-2H3,(H,27,29)/b4-3+. The maximum atomic E-state index is 12.1. The predicted molar refractivity (Wildman–Crippen MR) is 130 cm³/mol. The second kappa shape index (κ2) is 10.6. The Kier molecular flexibility index (Phi) is 8.10. The lowest BCUT2D eigenvalue weighted by Crippen LogP contribution is -2.49. The molecular weight excluding hydrogens is 438 g/mol. The molecule has 6 nitrogen and oxygen atoms in total. The number of sulfone groups is 1. The number of allylic oxidation sites excluding steroid dienone is 1. The Morgan fingerprint density at radius 1 is 1.09 bits per heavy atom. The summed E-state index contributed by atoms with van der Waals surface area (Å²) in [5.41, 5.74) is 5.67. The minimum absolute atomic E-state index is 0.0681. The molecule has 3 atom stereocenters. The van der Waals surface area contributed by atoms with Gasteiger partial charge in [-0.15, -0.1) is 0 Å². The second-order valence-electron chi connectivity index (χ2n) is 9.24. The highest BCUT2D eigenvalue weighted by Crippen LogP contribution is 2.32. The van der Waals surface area contributed by atoms with Gasteiger partial charge in [-0.1, -0.05) is 60.7 Å². The van der Waals surface area contributed by atoms with Crippen molar-refractivity contribution >= 4 is 21.8 Å². The summed E-state index contributed by atoms with van der Waals surface area (Å²) in [7, 11) is -3.70. The summed E-state index contributed by atoms with van der Waals surface area (Å²) in [5.74, 6) is 0.0660. The first-order valence-electron chi connectivity index (χ1n) is 11.3. The number of aliphatic hydroxyl groups excluding tert-OH is 1. The van der Waals surface area contributed by atoms with Gasteiger partial charge < -0.3 is 5.11 Å². The van der Waals surface area contributed by atoms with E-state index in [2.05, 4.69) is 36.4 Å². The number of rotatable bonds is 9. The topological polar surface area (TPSA) is 104 Å². The summed E-state index contributed by atoms with van der Waals surface area (Å²) in [6.07, 6.45) is 9.16. The van der Waals surface area contributed by atoms with Crippen molar-refractivity contribution in [2.45, 2.75) is 43.8 Å². The predicted octanol–water partition coefficient (Wildman–Crippen LogP) is 4.02. The third-order valence-corrected chi connectivity index (χ3v) is 8.92. The van der Waals surface area contributed by atoms with Crippen LogP contribution in [-0.2, 0) is 21.1 Å². The minimum atomic E-state index is -3.70. The van der Waals surface area contributed by atoms with Crippen molar-refractivity contribution < 1.29 is 23.5 Å². The summed E-state index contributed by atoms with van der Waals surface area (Å²) < 4.78 is 22.5. The first kappa shape index (κ1) is 25.1. The Balaban J connectivity index is 1.62. The van der Waals surface area contributed by atoms with Crippen molar-refractivity contribution in [3.05, 3.63) is 65.7 Å². The van der Waals surface area contributed by atoms with Gasteiger partial charge in [0, 0.05) is 12.9 Å². The zero-order valence-electron chi connectivity index (χ0n) is 19.2. The lowest BCUT2D eigenvalue weighted by atomic mass is 9.97. The quantitative estimate of drug-likeness (QED) is 0.379. The largest absolute Gasteiger partial charge is 0.396 e. The number of carbonyl (C=O) groups excluding carboxylic acids is 1. The summed E-state index contributed by atoms with van der Waals surface area (Å²) in [6.45, 7) is 1.61. The number of hydrogen-bond donors (Lipinski definition) is 3. The molecule has 0 aromatic heterocycles. The summed E-state index contributed by atoms with van der Waals surface area (Å²) in [6, 6.07) is 16.2. The van der Waals surface area contributed by atoms with E-state index in [9.17, 15) is 18.3 Å². The van der Waals surface area contributed by atoms with Crippen molar-refractivity contribution in [2.75, 3.05) is 12.9 Å². The molecule has 1 amide bonds. The van der Waals surface area contributed by atoms with Crippen LogP contribution in [0.1, 0.15) is 43.7 Å². The van der Waals surface area contributed by atoms with Gasteiger partial charge in [-0.2, -0.15) is 0 Å². The van der Waals surface area contributed by atoms with Gasteiger partial charge in [-0.05, 0) is 73.1 Å². The molecule has 2 aromatic rings. The Hall–Kier alpha value is -2.48. The van der Waals surface area contributed by atoms with E-state index in [4.69, 9.17) is 5.21 Å². The summed E-state index contributed by atoms with van der Waals surface area (Å²) >= 11 is 0. The Morgan fingerprint density at radius 3 is 2.21 bits per heavy atom. The third-order valence-electron chi connectivity index (χ3n) is 6.89. The number of carbonyl (C=O) groups is 1. The highest BCUT2D eigenvalue weighted by atomic mass is 32.2. The molecule has 0 aliphatic heterocycles. The van der Waals surface area contributed by atoms with E-state index < -0.39 is 20.5 Å². The van der Waals surface area contributed by atoms with Crippen LogP contribution in [0.4, 0.5) is 0 Å². The van der Waals surface area contributed by atoms with Gasteiger partial charge in [-0.3, -0.25) is 10.0 Å². The molecule has 0 saturated heterocycles. The number of hydroxylamine groups is 1. The van der Waals surface area contributed by atoms with Crippen LogP contribution in [0.15, 0.2) is 54.6 Å². The normalized spacial score (nSPS) is 20.6. The minimum Gasteiger partial charge on any atom is -0.396 e. The summed E-state index contributed by atoms with van der Waals surface area (Å²) in [4.78, 5) is 12.0. The van der Waals surface area contributed by atoms with E-state index in [1.807, 2.05) is 24.3 Å². The molecule has 1 saturated carbocycles. The van der Waals surface area contributed by atoms with Crippen molar-refractivity contribution in [2.24, 2.45) is 11.8 Å². The van der Waals surface area contributed by atoms with Gasteiger partial charge in [0.1, 0.15) is 4.75 Å². The van der Waals surface area contributed by atoms with E-state index in [0.717, 1.165) is 47.8 Å². The lowest BCUT2D eigenvalue weighted by molar-refractivity contribution is -0.131. The molecule has 1 aliphatic rings. The van der Waals surface area contributed by atoms with E-state index in [1.165, 1.54) is 12.4 Å². The molecule has 1 aliphatic carbocycles. The number of hydrogen-bond acceptors (Lipinski definition) is 5. The molecule has 2 aromatic carbocycles. The molecule has 178 valence electrons. The molecule has 0 bridgehead atoms. The Morgan fingerprint density at radius 2 is 1.70 bits per heavy atom. The van der Waals surface area contributed by atoms with Crippen LogP contribution >= 0.6 is 0 Å². The van der Waals surface area contributed by atoms with Crippen LogP contribution in [0.5, 0.6) is 0 Å². The van der Waals surface area contributed by atoms with Crippen LogP contribution in [0, 0.1) is 11.8 Å². The zero-order valence-corrected chi connectivity index (χ0v) is 20.0. The lowest BCUT2D eigenvalue weighted by Gasteiger charge is -2.25. The van der Waals surface area contributed by atoms with Crippen molar-refractivity contribution in [1.29, 1.82) is 0 Å². The van der Waals surface area contributed by atoms with Crippen LogP contribution in [0.25, 0.3) is 17.2 Å². The maximum absolute atomic E-state index is 12.1. The number of aryl methyl sites for hydroxylation is 1. The van der Waals surface area contributed by atoms with Gasteiger partial charge in [0.2, 0.25) is 0 Å². The van der Waals surface area contributed by atoms with E-state index in [1.54, 1.807) is 0 Å². The molecule has 0 radical (unpaired) electrons. The number of benzene rings is 2. The third kappa shape index (κ3) is 6.10. The Labute approximate surface area is 196 Å². The second-order valence-corrected chi connectivity index (χ2v) is 11.7. The van der Waals surface area contributed by atoms with Gasteiger partial charge in [0.15, 0.2) is 9.84 Å². The highest BCUT2D eigenvalue weighted by molar-refractivity contribution is 7.92. The molecule has 0 spiro atoms. The van der Waals surface area contributed by atoms with E-state index in [0.29, 0.717) is 18.3 Å². The molecule has 33 heavy (non-hydrogen) atoms. The van der Waals surface area contributed by atoms with Gasteiger partial charge in [0.05, 0.1) is 0 Å². The van der Waals surface area contributed by atoms with Gasteiger partial charge in [-0.25, -0.2) is 13.9 Å². The van der Waals surface area contributed by atoms with Crippen LogP contribution in [-0.4, -0.2) is 42.2 Å². The molecule has 3 N–H and O–H groups in total. The molecule has 3 rings (SSSR count). The fraction of sp³-hybridized carbons (Fsp3) is 0.423.